The van der Waals surface area contributed by atoms with Crippen molar-refractivity contribution in [3.8, 4) is 0 Å². The number of anilines is 1. The van der Waals surface area contributed by atoms with Gasteiger partial charge in [0.05, 0.1) is 15.7 Å². The molecule has 1 aromatic carbocycles. The summed E-state index contributed by atoms with van der Waals surface area (Å²) in [5.74, 6) is -1.73. The van der Waals surface area contributed by atoms with E-state index in [1.54, 1.807) is 0 Å². The van der Waals surface area contributed by atoms with Gasteiger partial charge in [-0.2, -0.15) is 0 Å². The van der Waals surface area contributed by atoms with Crippen LogP contribution in [0.3, 0.4) is 0 Å². The smallest absolute Gasteiger partial charge is 0.323 e. The fourth-order valence-electron chi connectivity index (χ4n) is 1.74. The van der Waals surface area contributed by atoms with Crippen LogP contribution in [-0.2, 0) is 4.79 Å². The molecule has 0 saturated heterocycles. The van der Waals surface area contributed by atoms with Gasteiger partial charge in [0.1, 0.15) is 12.4 Å². The summed E-state index contributed by atoms with van der Waals surface area (Å²) in [4.78, 5) is 24.0. The summed E-state index contributed by atoms with van der Waals surface area (Å²) in [6.45, 7) is -0.410. The molecule has 1 aliphatic rings. The average molecular weight is 321 g/mol. The van der Waals surface area contributed by atoms with E-state index in [1.807, 2.05) is 0 Å². The molecular formula is C12H11Cl2FN2O3. The minimum absolute atomic E-state index is 0.0468. The second kappa shape index (κ2) is 5.85. The third-order valence-electron chi connectivity index (χ3n) is 2.79. The molecule has 0 aliphatic heterocycles. The number of nitrogens with zero attached hydrogens (tertiary/aromatic N) is 1. The number of rotatable bonds is 4. The molecule has 0 bridgehead atoms. The van der Waals surface area contributed by atoms with E-state index < -0.39 is 24.4 Å². The van der Waals surface area contributed by atoms with Gasteiger partial charge in [-0.15, -0.1) is 0 Å². The zero-order valence-electron chi connectivity index (χ0n) is 10.2. The molecule has 2 amide bonds. The summed E-state index contributed by atoms with van der Waals surface area (Å²) in [6.07, 6.45) is 1.51. The van der Waals surface area contributed by atoms with Gasteiger partial charge >= 0.3 is 12.0 Å². The van der Waals surface area contributed by atoms with Gasteiger partial charge in [0.2, 0.25) is 0 Å². The van der Waals surface area contributed by atoms with E-state index >= 15 is 0 Å². The Morgan fingerprint density at radius 1 is 1.35 bits per heavy atom. The lowest BCUT2D eigenvalue weighted by atomic mass is 10.3. The maximum atomic E-state index is 13.0. The van der Waals surface area contributed by atoms with Gasteiger partial charge in [-0.3, -0.25) is 4.79 Å². The first-order valence-corrected chi connectivity index (χ1v) is 6.58. The Morgan fingerprint density at radius 3 is 2.35 bits per heavy atom. The number of halogens is 3. The molecule has 1 fully saturated rings. The Kier molecular flexibility index (Phi) is 4.35. The summed E-state index contributed by atoms with van der Waals surface area (Å²) in [6, 6.07) is 1.32. The van der Waals surface area contributed by atoms with Gasteiger partial charge in [-0.05, 0) is 25.0 Å². The zero-order chi connectivity index (χ0) is 14.9. The Hall–Kier alpha value is -1.53. The van der Waals surface area contributed by atoms with Crippen molar-refractivity contribution in [3.05, 3.63) is 28.0 Å². The molecule has 20 heavy (non-hydrogen) atoms. The second-order valence-electron chi connectivity index (χ2n) is 4.43. The van der Waals surface area contributed by atoms with Crippen LogP contribution in [0, 0.1) is 5.82 Å². The summed E-state index contributed by atoms with van der Waals surface area (Å²) in [5, 5.41) is 11.1. The summed E-state index contributed by atoms with van der Waals surface area (Å²) < 4.78 is 13.0. The molecule has 1 aliphatic carbocycles. The lowest BCUT2D eigenvalue weighted by Gasteiger charge is -2.21. The number of hydrogen-bond donors (Lipinski definition) is 2. The van der Waals surface area contributed by atoms with E-state index in [1.165, 1.54) is 4.90 Å². The number of benzene rings is 1. The molecule has 108 valence electrons. The Morgan fingerprint density at radius 2 is 1.90 bits per heavy atom. The highest BCUT2D eigenvalue weighted by molar-refractivity contribution is 6.39. The Bertz CT molecular complexity index is 541. The number of carbonyl (C=O) groups excluding carboxylic acids is 1. The van der Waals surface area contributed by atoms with Crippen molar-refractivity contribution >= 4 is 40.9 Å². The molecule has 0 spiro atoms. The zero-order valence-corrected chi connectivity index (χ0v) is 11.7. The second-order valence-corrected chi connectivity index (χ2v) is 5.24. The fraction of sp³-hybridized carbons (Fsp3) is 0.333. The number of carbonyl (C=O) groups is 2. The maximum Gasteiger partial charge on any atom is 0.323 e. The van der Waals surface area contributed by atoms with Gasteiger partial charge < -0.3 is 15.3 Å². The standard InChI is InChI=1S/C12H11Cl2FN2O3/c13-8-3-6(15)4-9(14)11(8)16-12(20)17(5-10(18)19)7-1-2-7/h3-4,7H,1-2,5H2,(H,16,20)(H,18,19). The third-order valence-corrected chi connectivity index (χ3v) is 3.39. The van der Waals surface area contributed by atoms with Crippen LogP contribution in [0.1, 0.15) is 12.8 Å². The van der Waals surface area contributed by atoms with Crippen LogP contribution in [0.5, 0.6) is 0 Å². The SMILES string of the molecule is O=C(O)CN(C(=O)Nc1c(Cl)cc(F)cc1Cl)C1CC1. The van der Waals surface area contributed by atoms with E-state index in [-0.39, 0.29) is 21.8 Å². The minimum atomic E-state index is -1.11. The molecule has 1 saturated carbocycles. The summed E-state index contributed by atoms with van der Waals surface area (Å²) in [5.41, 5.74) is 0.0655. The minimum Gasteiger partial charge on any atom is -0.480 e. The first-order valence-electron chi connectivity index (χ1n) is 5.82. The van der Waals surface area contributed by atoms with E-state index in [0.717, 1.165) is 25.0 Å². The first-order chi connectivity index (χ1) is 9.38. The quantitative estimate of drug-likeness (QED) is 0.894. The first kappa shape index (κ1) is 14.9. The van der Waals surface area contributed by atoms with Gasteiger partial charge in [-0.25, -0.2) is 9.18 Å². The number of carboxylic acids is 1. The molecule has 1 aromatic rings. The molecule has 2 N–H and O–H groups in total. The monoisotopic (exact) mass is 320 g/mol. The van der Waals surface area contributed by atoms with E-state index in [4.69, 9.17) is 28.3 Å². The predicted octanol–water partition coefficient (Wildman–Crippen LogP) is 3.21. The third kappa shape index (κ3) is 3.52. The van der Waals surface area contributed by atoms with Crippen molar-refractivity contribution in [2.75, 3.05) is 11.9 Å². The van der Waals surface area contributed by atoms with E-state index in [0.29, 0.717) is 0 Å². The molecule has 0 atom stereocenters. The predicted molar refractivity (Wildman–Crippen MR) is 72.8 cm³/mol. The van der Waals surface area contributed by atoms with Gasteiger partial charge in [-0.1, -0.05) is 23.2 Å². The van der Waals surface area contributed by atoms with E-state index in [9.17, 15) is 14.0 Å². The lowest BCUT2D eigenvalue weighted by Crippen LogP contribution is -2.40. The molecule has 0 radical (unpaired) electrons. The van der Waals surface area contributed by atoms with Crippen LogP contribution in [0.15, 0.2) is 12.1 Å². The highest BCUT2D eigenvalue weighted by Crippen LogP contribution is 2.33. The van der Waals surface area contributed by atoms with Crippen LogP contribution in [0.25, 0.3) is 0 Å². The molecule has 0 aromatic heterocycles. The highest BCUT2D eigenvalue weighted by atomic mass is 35.5. The average Bonchev–Trinajstić information content (AvgIpc) is 3.14. The van der Waals surface area contributed by atoms with Crippen molar-refractivity contribution < 1.29 is 19.1 Å². The Balaban J connectivity index is 2.16. The molecular weight excluding hydrogens is 310 g/mol. The Labute approximate surface area is 124 Å². The maximum absolute atomic E-state index is 13.0. The molecule has 0 unspecified atom stereocenters. The molecule has 5 nitrogen and oxygen atoms in total. The van der Waals surface area contributed by atoms with E-state index in [2.05, 4.69) is 5.32 Å². The number of nitrogens with one attached hydrogen (secondary N) is 1. The van der Waals surface area contributed by atoms with Crippen molar-refractivity contribution in [3.63, 3.8) is 0 Å². The van der Waals surface area contributed by atoms with Crippen LogP contribution in [-0.4, -0.2) is 34.6 Å². The van der Waals surface area contributed by atoms with Gasteiger partial charge in [0.25, 0.3) is 0 Å². The normalized spacial score (nSPS) is 13.9. The van der Waals surface area contributed by atoms with Crippen LogP contribution in [0.2, 0.25) is 10.0 Å². The van der Waals surface area contributed by atoms with Crippen molar-refractivity contribution in [2.24, 2.45) is 0 Å². The van der Waals surface area contributed by atoms with Crippen molar-refractivity contribution in [1.29, 1.82) is 0 Å². The number of urea groups is 1. The number of hydrogen-bond acceptors (Lipinski definition) is 2. The van der Waals surface area contributed by atoms with Gasteiger partial charge in [0, 0.05) is 6.04 Å². The largest absolute Gasteiger partial charge is 0.480 e. The number of amides is 2. The molecule has 2 rings (SSSR count). The summed E-state index contributed by atoms with van der Waals surface area (Å²) in [7, 11) is 0. The van der Waals surface area contributed by atoms with Crippen molar-refractivity contribution in [1.82, 2.24) is 4.90 Å². The molecule has 0 heterocycles. The number of aliphatic carboxylic acids is 1. The fourth-order valence-corrected chi connectivity index (χ4v) is 2.29. The highest BCUT2D eigenvalue weighted by Gasteiger charge is 2.34. The van der Waals surface area contributed by atoms with Crippen molar-refractivity contribution in [2.45, 2.75) is 18.9 Å². The number of carboxylic acid groups (broad SMARTS) is 1. The van der Waals surface area contributed by atoms with Crippen LogP contribution < -0.4 is 5.32 Å². The van der Waals surface area contributed by atoms with Gasteiger partial charge in [0.15, 0.2) is 0 Å². The summed E-state index contributed by atoms with van der Waals surface area (Å²) >= 11 is 11.6. The van der Waals surface area contributed by atoms with Crippen LogP contribution in [0.4, 0.5) is 14.9 Å². The topological polar surface area (TPSA) is 69.6 Å². The molecule has 8 heteroatoms. The lowest BCUT2D eigenvalue weighted by molar-refractivity contribution is -0.137. The van der Waals surface area contributed by atoms with Crippen LogP contribution >= 0.6 is 23.2 Å².